The molecule has 0 saturated carbocycles. The summed E-state index contributed by atoms with van der Waals surface area (Å²) in [5, 5.41) is 21.6. The predicted molar refractivity (Wildman–Crippen MR) is 60.7 cm³/mol. The number of fused-ring (bicyclic) bond motifs is 1. The number of hydrogen-bond donors (Lipinski definition) is 3. The van der Waals surface area contributed by atoms with E-state index in [0.29, 0.717) is 11.3 Å². The minimum absolute atomic E-state index is 0.349. The van der Waals surface area contributed by atoms with Crippen molar-refractivity contribution in [1.29, 1.82) is 0 Å². The van der Waals surface area contributed by atoms with Gasteiger partial charge in [0.25, 0.3) is 5.91 Å². The van der Waals surface area contributed by atoms with Gasteiger partial charge in [0.05, 0.1) is 12.1 Å². The van der Waals surface area contributed by atoms with Crippen LogP contribution in [0.15, 0.2) is 12.1 Å². The van der Waals surface area contributed by atoms with Crippen LogP contribution in [-0.2, 0) is 15.2 Å². The summed E-state index contributed by atoms with van der Waals surface area (Å²) in [5.74, 6) is -1.89. The van der Waals surface area contributed by atoms with Gasteiger partial charge in [0.1, 0.15) is 0 Å². The van der Waals surface area contributed by atoms with E-state index in [9.17, 15) is 14.7 Å². The normalized spacial score (nSPS) is 22.2. The summed E-state index contributed by atoms with van der Waals surface area (Å²) in [7, 11) is 0. The third-order valence-corrected chi connectivity index (χ3v) is 2.95. The molecule has 1 amide bonds. The number of carbonyl (C=O) groups excluding carboxylic acids is 1. The van der Waals surface area contributed by atoms with Gasteiger partial charge in [-0.15, -0.1) is 0 Å². The molecule has 1 atom stereocenters. The SMILES string of the molecule is Cc1cc(C)c2c(c1)C(O)(CC(=O)O)C(=O)N2. The first-order valence-electron chi connectivity index (χ1n) is 5.22. The number of aryl methyl sites for hydroxylation is 2. The Morgan fingerprint density at radius 1 is 1.41 bits per heavy atom. The second-order valence-corrected chi connectivity index (χ2v) is 4.39. The maximum atomic E-state index is 11.7. The zero-order valence-electron chi connectivity index (χ0n) is 9.57. The van der Waals surface area contributed by atoms with Crippen LogP contribution in [0.1, 0.15) is 23.1 Å². The first kappa shape index (κ1) is 11.6. The molecular formula is C12H13NO4. The molecule has 0 fully saturated rings. The molecule has 5 nitrogen and oxygen atoms in total. The highest BCUT2D eigenvalue weighted by Gasteiger charge is 2.47. The van der Waals surface area contributed by atoms with Crippen LogP contribution in [0, 0.1) is 13.8 Å². The third kappa shape index (κ3) is 1.68. The number of nitrogens with one attached hydrogen (secondary N) is 1. The van der Waals surface area contributed by atoms with Crippen LogP contribution in [0.5, 0.6) is 0 Å². The number of carboxylic acids is 1. The molecule has 0 spiro atoms. The lowest BCUT2D eigenvalue weighted by atomic mass is 9.90. The van der Waals surface area contributed by atoms with Crippen LogP contribution >= 0.6 is 0 Å². The van der Waals surface area contributed by atoms with Crippen LogP contribution in [0.3, 0.4) is 0 Å². The summed E-state index contributed by atoms with van der Waals surface area (Å²) in [5.41, 5.74) is 0.598. The second-order valence-electron chi connectivity index (χ2n) is 4.39. The summed E-state index contributed by atoms with van der Waals surface area (Å²) < 4.78 is 0. The number of benzene rings is 1. The molecule has 1 aliphatic heterocycles. The summed E-state index contributed by atoms with van der Waals surface area (Å²) in [6, 6.07) is 3.51. The minimum Gasteiger partial charge on any atom is -0.481 e. The Morgan fingerprint density at radius 3 is 2.65 bits per heavy atom. The van der Waals surface area contributed by atoms with E-state index in [4.69, 9.17) is 5.11 Å². The molecule has 1 aromatic rings. The fraction of sp³-hybridized carbons (Fsp3) is 0.333. The molecule has 1 aromatic carbocycles. The van der Waals surface area contributed by atoms with Crippen molar-refractivity contribution < 1.29 is 19.8 Å². The number of rotatable bonds is 2. The molecule has 2 rings (SSSR count). The molecule has 1 unspecified atom stereocenters. The molecule has 1 heterocycles. The molecule has 0 aliphatic carbocycles. The topological polar surface area (TPSA) is 86.6 Å². The lowest BCUT2D eigenvalue weighted by Crippen LogP contribution is -2.36. The molecule has 0 radical (unpaired) electrons. The Labute approximate surface area is 98.1 Å². The van der Waals surface area contributed by atoms with Crippen LogP contribution in [0.4, 0.5) is 5.69 Å². The Bertz CT molecular complexity index is 523. The van der Waals surface area contributed by atoms with Gasteiger partial charge < -0.3 is 15.5 Å². The van der Waals surface area contributed by atoms with Crippen molar-refractivity contribution in [2.75, 3.05) is 5.32 Å². The van der Waals surface area contributed by atoms with Crippen LogP contribution in [0.25, 0.3) is 0 Å². The van der Waals surface area contributed by atoms with Gasteiger partial charge in [-0.3, -0.25) is 9.59 Å². The molecule has 0 saturated heterocycles. The number of carboxylic acid groups (broad SMARTS) is 1. The molecule has 5 heteroatoms. The van der Waals surface area contributed by atoms with Gasteiger partial charge >= 0.3 is 5.97 Å². The largest absolute Gasteiger partial charge is 0.481 e. The fourth-order valence-electron chi connectivity index (χ4n) is 2.19. The van der Waals surface area contributed by atoms with E-state index in [-0.39, 0.29) is 0 Å². The van der Waals surface area contributed by atoms with Crippen molar-refractivity contribution in [3.8, 4) is 0 Å². The van der Waals surface area contributed by atoms with Crippen LogP contribution < -0.4 is 5.32 Å². The quantitative estimate of drug-likeness (QED) is 0.711. The van der Waals surface area contributed by atoms with Gasteiger partial charge in [0, 0.05) is 5.56 Å². The summed E-state index contributed by atoms with van der Waals surface area (Å²) >= 11 is 0. The van der Waals surface area contributed by atoms with E-state index in [2.05, 4.69) is 5.32 Å². The number of aliphatic carboxylic acids is 1. The van der Waals surface area contributed by atoms with Crippen molar-refractivity contribution in [1.82, 2.24) is 0 Å². The molecule has 17 heavy (non-hydrogen) atoms. The van der Waals surface area contributed by atoms with Crippen molar-refractivity contribution in [3.63, 3.8) is 0 Å². The monoisotopic (exact) mass is 235 g/mol. The number of aliphatic hydroxyl groups is 1. The lowest BCUT2D eigenvalue weighted by molar-refractivity contribution is -0.149. The standard InChI is InChI=1S/C12H13NO4/c1-6-3-7(2)10-8(4-6)12(17,5-9(14)15)11(16)13-10/h3-4,17H,5H2,1-2H3,(H,13,16)(H,14,15). The summed E-state index contributed by atoms with van der Waals surface area (Å²) in [6.07, 6.45) is -0.630. The second kappa shape index (κ2) is 3.56. The van der Waals surface area contributed by atoms with Gasteiger partial charge in [-0.25, -0.2) is 0 Å². The van der Waals surface area contributed by atoms with Crippen molar-refractivity contribution in [3.05, 3.63) is 28.8 Å². The first-order valence-corrected chi connectivity index (χ1v) is 5.22. The van der Waals surface area contributed by atoms with E-state index < -0.39 is 23.9 Å². The fourth-order valence-corrected chi connectivity index (χ4v) is 2.19. The summed E-state index contributed by atoms with van der Waals surface area (Å²) in [6.45, 7) is 3.63. The van der Waals surface area contributed by atoms with Gasteiger partial charge in [-0.2, -0.15) is 0 Å². The minimum atomic E-state index is -1.96. The van der Waals surface area contributed by atoms with E-state index in [1.807, 2.05) is 13.0 Å². The van der Waals surface area contributed by atoms with E-state index in [1.54, 1.807) is 13.0 Å². The Hall–Kier alpha value is -1.88. The molecule has 90 valence electrons. The van der Waals surface area contributed by atoms with Gasteiger partial charge in [-0.05, 0) is 19.4 Å². The zero-order valence-corrected chi connectivity index (χ0v) is 9.57. The highest BCUT2D eigenvalue weighted by molar-refractivity contribution is 6.07. The van der Waals surface area contributed by atoms with Crippen molar-refractivity contribution >= 4 is 17.6 Å². The number of hydrogen-bond acceptors (Lipinski definition) is 3. The average Bonchev–Trinajstić information content (AvgIpc) is 2.41. The van der Waals surface area contributed by atoms with E-state index in [0.717, 1.165) is 11.1 Å². The van der Waals surface area contributed by atoms with Gasteiger partial charge in [0.15, 0.2) is 5.60 Å². The molecule has 0 aromatic heterocycles. The Morgan fingerprint density at radius 2 is 2.06 bits per heavy atom. The smallest absolute Gasteiger partial charge is 0.307 e. The maximum absolute atomic E-state index is 11.7. The highest BCUT2D eigenvalue weighted by Crippen LogP contribution is 2.40. The van der Waals surface area contributed by atoms with Crippen LogP contribution in [-0.4, -0.2) is 22.1 Å². The molecule has 3 N–H and O–H groups in total. The highest BCUT2D eigenvalue weighted by atomic mass is 16.4. The Balaban J connectivity index is 2.60. The predicted octanol–water partition coefficient (Wildman–Crippen LogP) is 0.918. The van der Waals surface area contributed by atoms with E-state index in [1.165, 1.54) is 0 Å². The Kier molecular flexibility index (Phi) is 2.43. The van der Waals surface area contributed by atoms with E-state index >= 15 is 0 Å². The number of amides is 1. The lowest BCUT2D eigenvalue weighted by Gasteiger charge is -2.18. The zero-order chi connectivity index (χ0) is 12.8. The van der Waals surface area contributed by atoms with Gasteiger partial charge in [-0.1, -0.05) is 17.7 Å². The number of carbonyl (C=O) groups is 2. The maximum Gasteiger partial charge on any atom is 0.307 e. The molecule has 1 aliphatic rings. The van der Waals surface area contributed by atoms with Gasteiger partial charge in [0.2, 0.25) is 0 Å². The molecular weight excluding hydrogens is 222 g/mol. The third-order valence-electron chi connectivity index (χ3n) is 2.95. The van der Waals surface area contributed by atoms with Crippen molar-refractivity contribution in [2.24, 2.45) is 0 Å². The number of anilines is 1. The summed E-state index contributed by atoms with van der Waals surface area (Å²) in [4.78, 5) is 22.5. The average molecular weight is 235 g/mol. The molecule has 0 bridgehead atoms. The first-order chi connectivity index (χ1) is 7.84. The van der Waals surface area contributed by atoms with Crippen molar-refractivity contribution in [2.45, 2.75) is 25.9 Å². The van der Waals surface area contributed by atoms with Crippen LogP contribution in [0.2, 0.25) is 0 Å².